The topological polar surface area (TPSA) is 45.0 Å². The number of nitrogens with zero attached hydrogens (tertiary/aromatic N) is 2. The van der Waals surface area contributed by atoms with Gasteiger partial charge in [0.25, 0.3) is 0 Å². The van der Waals surface area contributed by atoms with Crippen LogP contribution in [0, 0.1) is 6.92 Å². The van der Waals surface area contributed by atoms with Crippen molar-refractivity contribution in [1.29, 1.82) is 0 Å². The maximum Gasteiger partial charge on any atom is 0.387 e. The first-order valence-electron chi connectivity index (χ1n) is 8.25. The molecule has 0 amide bonds. The molecule has 0 bridgehead atoms. The molecule has 3 heterocycles. The third kappa shape index (κ3) is 2.88. The van der Waals surface area contributed by atoms with Gasteiger partial charge in [-0.15, -0.1) is 0 Å². The van der Waals surface area contributed by atoms with Gasteiger partial charge in [0, 0.05) is 23.2 Å². The van der Waals surface area contributed by atoms with Crippen molar-refractivity contribution in [2.45, 2.75) is 19.5 Å². The Morgan fingerprint density at radius 1 is 1.23 bits per heavy atom. The van der Waals surface area contributed by atoms with Crippen molar-refractivity contribution in [1.82, 2.24) is 9.61 Å². The predicted octanol–water partition coefficient (Wildman–Crippen LogP) is 4.03. The molecule has 0 unspecified atom stereocenters. The number of ether oxygens (including phenoxy) is 3. The highest BCUT2D eigenvalue weighted by Crippen LogP contribution is 2.37. The minimum Gasteiger partial charge on any atom is -0.496 e. The second kappa shape index (κ2) is 6.57. The first kappa shape index (κ1) is 16.8. The van der Waals surface area contributed by atoms with Crippen LogP contribution < -0.4 is 9.47 Å². The number of aromatic nitrogens is 2. The molecular weight excluding hydrogens is 342 g/mol. The Kier molecular flexibility index (Phi) is 4.24. The van der Waals surface area contributed by atoms with Crippen LogP contribution in [0.1, 0.15) is 17.0 Å². The first-order valence-corrected chi connectivity index (χ1v) is 8.25. The van der Waals surface area contributed by atoms with Crippen molar-refractivity contribution in [2.24, 2.45) is 0 Å². The third-order valence-electron chi connectivity index (χ3n) is 4.71. The predicted molar refractivity (Wildman–Crippen MR) is 92.1 cm³/mol. The van der Waals surface area contributed by atoms with Crippen LogP contribution in [0.5, 0.6) is 11.5 Å². The summed E-state index contributed by atoms with van der Waals surface area (Å²) in [5, 5.41) is 4.41. The Morgan fingerprint density at radius 3 is 2.65 bits per heavy atom. The minimum atomic E-state index is -2.90. The quantitative estimate of drug-likeness (QED) is 0.689. The van der Waals surface area contributed by atoms with Crippen LogP contribution >= 0.6 is 0 Å². The van der Waals surface area contributed by atoms with Crippen molar-refractivity contribution in [3.05, 3.63) is 47.8 Å². The van der Waals surface area contributed by atoms with E-state index in [0.717, 1.165) is 24.3 Å². The van der Waals surface area contributed by atoms with E-state index in [0.29, 0.717) is 22.8 Å². The number of alkyl halides is 2. The van der Waals surface area contributed by atoms with Gasteiger partial charge < -0.3 is 14.2 Å². The van der Waals surface area contributed by atoms with Gasteiger partial charge in [-0.2, -0.15) is 13.9 Å². The molecule has 4 rings (SSSR count). The number of fused-ring (bicyclic) bond motifs is 1. The number of rotatable bonds is 5. The average molecular weight is 360 g/mol. The van der Waals surface area contributed by atoms with E-state index in [2.05, 4.69) is 15.9 Å². The van der Waals surface area contributed by atoms with Crippen LogP contribution in [-0.2, 0) is 4.74 Å². The fourth-order valence-corrected chi connectivity index (χ4v) is 3.14. The number of pyridine rings is 1. The summed E-state index contributed by atoms with van der Waals surface area (Å²) in [5.74, 6) is 0.982. The van der Waals surface area contributed by atoms with Crippen LogP contribution in [0.4, 0.5) is 8.78 Å². The molecule has 26 heavy (non-hydrogen) atoms. The molecule has 136 valence electrons. The zero-order valence-electron chi connectivity index (χ0n) is 14.4. The molecule has 7 heteroatoms. The Morgan fingerprint density at radius 2 is 2.00 bits per heavy atom. The van der Waals surface area contributed by atoms with E-state index in [4.69, 9.17) is 9.47 Å². The van der Waals surface area contributed by atoms with E-state index in [9.17, 15) is 8.78 Å². The smallest absolute Gasteiger partial charge is 0.387 e. The van der Waals surface area contributed by atoms with Crippen molar-refractivity contribution in [3.63, 3.8) is 0 Å². The summed E-state index contributed by atoms with van der Waals surface area (Å²) in [6, 6.07) is 7.43. The molecular formula is C19H18F2N2O3. The fraction of sp³-hybridized carbons (Fsp3) is 0.316. The molecule has 5 nitrogen and oxygen atoms in total. The number of halogens is 2. The molecule has 0 atom stereocenters. The summed E-state index contributed by atoms with van der Waals surface area (Å²) < 4.78 is 42.5. The lowest BCUT2D eigenvalue weighted by molar-refractivity contribution is -0.0503. The van der Waals surface area contributed by atoms with Crippen LogP contribution in [0.25, 0.3) is 16.6 Å². The first-order chi connectivity index (χ1) is 12.6. The van der Waals surface area contributed by atoms with E-state index in [1.165, 1.54) is 12.7 Å². The Labute approximate surface area is 149 Å². The van der Waals surface area contributed by atoms with E-state index < -0.39 is 6.61 Å². The Bertz CT molecular complexity index is 951. The third-order valence-corrected chi connectivity index (χ3v) is 4.71. The van der Waals surface area contributed by atoms with Crippen molar-refractivity contribution >= 4 is 5.52 Å². The van der Waals surface area contributed by atoms with Crippen molar-refractivity contribution in [2.75, 3.05) is 20.3 Å². The largest absolute Gasteiger partial charge is 0.496 e. The minimum absolute atomic E-state index is 0.0944. The van der Waals surface area contributed by atoms with E-state index in [-0.39, 0.29) is 5.75 Å². The van der Waals surface area contributed by atoms with Gasteiger partial charge in [-0.05, 0) is 36.2 Å². The molecule has 0 aliphatic carbocycles. The van der Waals surface area contributed by atoms with E-state index in [1.807, 2.05) is 12.3 Å². The van der Waals surface area contributed by atoms with Gasteiger partial charge in [0.2, 0.25) is 0 Å². The molecule has 1 fully saturated rings. The van der Waals surface area contributed by atoms with Gasteiger partial charge in [0.1, 0.15) is 11.5 Å². The van der Waals surface area contributed by atoms with E-state index >= 15 is 0 Å². The molecule has 1 aliphatic rings. The second-order valence-corrected chi connectivity index (χ2v) is 6.27. The summed E-state index contributed by atoms with van der Waals surface area (Å²) in [5.41, 5.74) is 4.10. The molecule has 0 N–H and O–H groups in total. The van der Waals surface area contributed by atoms with Gasteiger partial charge in [0.05, 0.1) is 32.0 Å². The second-order valence-electron chi connectivity index (χ2n) is 6.27. The molecule has 0 saturated carbocycles. The lowest BCUT2D eigenvalue weighted by atomic mass is 9.98. The molecule has 0 spiro atoms. The molecule has 1 aromatic carbocycles. The lowest BCUT2D eigenvalue weighted by Crippen LogP contribution is -2.25. The number of benzene rings is 1. The molecule has 1 saturated heterocycles. The standard InChI is InChI=1S/C19H18F2N2O3/c1-11-17(24-2)5-13(6-18(11)26-19(20)21)15-7-22-23-8-12(3-4-16(15)23)14-9-25-10-14/h3-8,14,19H,9-10H2,1-2H3. The zero-order chi connectivity index (χ0) is 18.3. The summed E-state index contributed by atoms with van der Waals surface area (Å²) >= 11 is 0. The number of methoxy groups -OCH3 is 1. The van der Waals surface area contributed by atoms with Gasteiger partial charge in [-0.1, -0.05) is 6.07 Å². The van der Waals surface area contributed by atoms with Crippen LogP contribution in [-0.4, -0.2) is 36.5 Å². The highest BCUT2D eigenvalue weighted by Gasteiger charge is 2.22. The molecule has 3 aromatic rings. The Balaban J connectivity index is 1.79. The van der Waals surface area contributed by atoms with Crippen LogP contribution in [0.3, 0.4) is 0 Å². The maximum absolute atomic E-state index is 12.7. The Hall–Kier alpha value is -2.67. The van der Waals surface area contributed by atoms with Gasteiger partial charge in [-0.25, -0.2) is 4.52 Å². The summed E-state index contributed by atoms with van der Waals surface area (Å²) in [4.78, 5) is 0. The van der Waals surface area contributed by atoms with Crippen molar-refractivity contribution in [3.8, 4) is 22.6 Å². The highest BCUT2D eigenvalue weighted by atomic mass is 19.3. The number of hydrogen-bond donors (Lipinski definition) is 0. The van der Waals surface area contributed by atoms with Crippen LogP contribution in [0.15, 0.2) is 36.7 Å². The van der Waals surface area contributed by atoms with Gasteiger partial charge in [-0.3, -0.25) is 0 Å². The summed E-state index contributed by atoms with van der Waals surface area (Å²) in [6.45, 7) is 0.236. The molecule has 1 aliphatic heterocycles. The number of hydrogen-bond acceptors (Lipinski definition) is 4. The summed E-state index contributed by atoms with van der Waals surface area (Å²) in [6.07, 6.45) is 3.70. The van der Waals surface area contributed by atoms with E-state index in [1.54, 1.807) is 29.8 Å². The highest BCUT2D eigenvalue weighted by molar-refractivity contribution is 5.82. The summed E-state index contributed by atoms with van der Waals surface area (Å²) in [7, 11) is 1.50. The normalized spacial score (nSPS) is 14.7. The van der Waals surface area contributed by atoms with Crippen molar-refractivity contribution < 1.29 is 23.0 Å². The van der Waals surface area contributed by atoms with Gasteiger partial charge >= 0.3 is 6.61 Å². The molecule has 0 radical (unpaired) electrons. The fourth-order valence-electron chi connectivity index (χ4n) is 3.14. The SMILES string of the molecule is COc1cc(-c2cnn3cc(C4COC4)ccc23)cc(OC(F)F)c1C. The van der Waals surface area contributed by atoms with Crippen LogP contribution in [0.2, 0.25) is 0 Å². The molecule has 2 aromatic heterocycles. The zero-order valence-corrected chi connectivity index (χ0v) is 14.4. The monoisotopic (exact) mass is 360 g/mol. The van der Waals surface area contributed by atoms with Gasteiger partial charge in [0.15, 0.2) is 0 Å². The average Bonchev–Trinajstić information content (AvgIpc) is 2.98. The lowest BCUT2D eigenvalue weighted by Gasteiger charge is -2.26. The maximum atomic E-state index is 12.7.